The van der Waals surface area contributed by atoms with Gasteiger partial charge in [0.1, 0.15) is 11.6 Å². The standard InChI is InChI=1S/C20H16F2N4O/c21-14-7-8-16(15(22)12-14)23-20(27)17-9-10-19(25-24-17)26-11-3-5-13-4-1-2-6-18(13)26/h1-2,4,6-10,12H,3,5,11H2,(H,23,27). The molecule has 0 saturated carbocycles. The summed E-state index contributed by atoms with van der Waals surface area (Å²) in [5, 5.41) is 10.5. The predicted octanol–water partition coefficient (Wildman–Crippen LogP) is 4.09. The van der Waals surface area contributed by atoms with Crippen LogP contribution in [0.1, 0.15) is 22.5 Å². The van der Waals surface area contributed by atoms with E-state index in [9.17, 15) is 13.6 Å². The molecule has 5 nitrogen and oxygen atoms in total. The first-order valence-corrected chi connectivity index (χ1v) is 8.57. The van der Waals surface area contributed by atoms with E-state index in [1.807, 2.05) is 18.2 Å². The molecule has 4 rings (SSSR count). The largest absolute Gasteiger partial charge is 0.325 e. The van der Waals surface area contributed by atoms with E-state index >= 15 is 0 Å². The maximum atomic E-state index is 13.7. The number of nitrogens with one attached hydrogen (secondary N) is 1. The Labute approximate surface area is 154 Å². The average Bonchev–Trinajstić information content (AvgIpc) is 2.70. The van der Waals surface area contributed by atoms with Gasteiger partial charge in [0.15, 0.2) is 11.5 Å². The number of aromatic nitrogens is 2. The van der Waals surface area contributed by atoms with Gasteiger partial charge in [0.2, 0.25) is 0 Å². The number of halogens is 2. The molecule has 0 unspecified atom stereocenters. The highest BCUT2D eigenvalue weighted by Crippen LogP contribution is 2.31. The molecule has 2 aromatic carbocycles. The van der Waals surface area contributed by atoms with E-state index in [0.717, 1.165) is 37.2 Å². The molecule has 0 bridgehead atoms. The molecular formula is C20H16F2N4O. The fourth-order valence-corrected chi connectivity index (χ4v) is 3.14. The Morgan fingerprint density at radius 2 is 1.89 bits per heavy atom. The zero-order chi connectivity index (χ0) is 18.8. The first kappa shape index (κ1) is 17.1. The molecule has 136 valence electrons. The predicted molar refractivity (Wildman–Crippen MR) is 98.1 cm³/mol. The van der Waals surface area contributed by atoms with Crippen LogP contribution in [0.2, 0.25) is 0 Å². The minimum Gasteiger partial charge on any atom is -0.325 e. The van der Waals surface area contributed by atoms with Gasteiger partial charge in [0, 0.05) is 18.3 Å². The van der Waals surface area contributed by atoms with Gasteiger partial charge in [0.05, 0.1) is 5.69 Å². The maximum absolute atomic E-state index is 13.7. The first-order chi connectivity index (χ1) is 13.1. The normalized spacial score (nSPS) is 13.2. The fourth-order valence-electron chi connectivity index (χ4n) is 3.14. The molecule has 0 saturated heterocycles. The number of aryl methyl sites for hydroxylation is 1. The molecular weight excluding hydrogens is 350 g/mol. The topological polar surface area (TPSA) is 58.1 Å². The highest BCUT2D eigenvalue weighted by molar-refractivity contribution is 6.02. The number of anilines is 3. The van der Waals surface area contributed by atoms with Gasteiger partial charge in [-0.1, -0.05) is 18.2 Å². The second kappa shape index (κ2) is 7.11. The second-order valence-corrected chi connectivity index (χ2v) is 6.24. The van der Waals surface area contributed by atoms with E-state index in [1.165, 1.54) is 11.6 Å². The van der Waals surface area contributed by atoms with Gasteiger partial charge in [-0.2, -0.15) is 0 Å². The molecule has 0 aliphatic carbocycles. The number of hydrogen-bond acceptors (Lipinski definition) is 4. The lowest BCUT2D eigenvalue weighted by Gasteiger charge is -2.29. The van der Waals surface area contributed by atoms with Crippen LogP contribution >= 0.6 is 0 Å². The zero-order valence-electron chi connectivity index (χ0n) is 14.3. The van der Waals surface area contributed by atoms with Crippen LogP contribution in [0.25, 0.3) is 0 Å². The number of benzene rings is 2. The van der Waals surface area contributed by atoms with Crippen molar-refractivity contribution in [2.75, 3.05) is 16.8 Å². The molecule has 0 spiro atoms. The van der Waals surface area contributed by atoms with Crippen molar-refractivity contribution in [3.8, 4) is 0 Å². The Hall–Kier alpha value is -3.35. The number of amides is 1. The summed E-state index contributed by atoms with van der Waals surface area (Å²) in [5.74, 6) is -1.53. The summed E-state index contributed by atoms with van der Waals surface area (Å²) in [6, 6.07) is 14.3. The van der Waals surface area contributed by atoms with Gasteiger partial charge >= 0.3 is 0 Å². The fraction of sp³-hybridized carbons (Fsp3) is 0.150. The summed E-state index contributed by atoms with van der Waals surface area (Å²) in [6.07, 6.45) is 2.02. The van der Waals surface area contributed by atoms with Crippen LogP contribution in [0.15, 0.2) is 54.6 Å². The lowest BCUT2D eigenvalue weighted by atomic mass is 10.0. The third-order valence-electron chi connectivity index (χ3n) is 4.45. The van der Waals surface area contributed by atoms with Crippen molar-refractivity contribution in [2.24, 2.45) is 0 Å². The SMILES string of the molecule is O=C(Nc1ccc(F)cc1F)c1ccc(N2CCCc3ccccc32)nn1. The Kier molecular flexibility index (Phi) is 4.50. The molecule has 1 aliphatic rings. The molecule has 1 N–H and O–H groups in total. The van der Waals surface area contributed by atoms with Crippen LogP contribution in [0.4, 0.5) is 26.0 Å². The van der Waals surface area contributed by atoms with Gasteiger partial charge in [0.25, 0.3) is 5.91 Å². The molecule has 0 atom stereocenters. The van der Waals surface area contributed by atoms with Crippen molar-refractivity contribution >= 4 is 23.1 Å². The molecule has 7 heteroatoms. The van der Waals surface area contributed by atoms with Crippen molar-refractivity contribution in [1.82, 2.24) is 10.2 Å². The van der Waals surface area contributed by atoms with Crippen molar-refractivity contribution in [2.45, 2.75) is 12.8 Å². The molecule has 0 radical (unpaired) electrons. The average molecular weight is 366 g/mol. The molecule has 2 heterocycles. The lowest BCUT2D eigenvalue weighted by Crippen LogP contribution is -2.26. The minimum absolute atomic E-state index is 0.0489. The number of para-hydroxylation sites is 1. The van der Waals surface area contributed by atoms with Gasteiger partial charge in [-0.15, -0.1) is 10.2 Å². The van der Waals surface area contributed by atoms with E-state index in [0.29, 0.717) is 11.9 Å². The zero-order valence-corrected chi connectivity index (χ0v) is 14.3. The van der Waals surface area contributed by atoms with Crippen LogP contribution in [-0.2, 0) is 6.42 Å². The molecule has 27 heavy (non-hydrogen) atoms. The van der Waals surface area contributed by atoms with Gasteiger partial charge in [-0.05, 0) is 48.7 Å². The van der Waals surface area contributed by atoms with Crippen molar-refractivity contribution in [3.05, 3.63) is 77.5 Å². The maximum Gasteiger partial charge on any atom is 0.276 e. The monoisotopic (exact) mass is 366 g/mol. The summed E-state index contributed by atoms with van der Waals surface area (Å²) < 4.78 is 26.6. The van der Waals surface area contributed by atoms with E-state index < -0.39 is 17.5 Å². The summed E-state index contributed by atoms with van der Waals surface area (Å²) in [4.78, 5) is 14.3. The Morgan fingerprint density at radius 1 is 1.04 bits per heavy atom. The lowest BCUT2D eigenvalue weighted by molar-refractivity contribution is 0.102. The number of carbonyl (C=O) groups is 1. The number of nitrogens with zero attached hydrogens (tertiary/aromatic N) is 3. The van der Waals surface area contributed by atoms with Gasteiger partial charge in [-0.25, -0.2) is 8.78 Å². The summed E-state index contributed by atoms with van der Waals surface area (Å²) in [5.41, 5.74) is 2.27. The van der Waals surface area contributed by atoms with Crippen LogP contribution in [0.3, 0.4) is 0 Å². The van der Waals surface area contributed by atoms with Gasteiger partial charge < -0.3 is 10.2 Å². The van der Waals surface area contributed by atoms with Crippen molar-refractivity contribution < 1.29 is 13.6 Å². The number of fused-ring (bicyclic) bond motifs is 1. The van der Waals surface area contributed by atoms with Gasteiger partial charge in [-0.3, -0.25) is 4.79 Å². The van der Waals surface area contributed by atoms with E-state index in [1.54, 1.807) is 6.07 Å². The van der Waals surface area contributed by atoms with E-state index in [4.69, 9.17) is 0 Å². The van der Waals surface area contributed by atoms with Crippen molar-refractivity contribution in [1.29, 1.82) is 0 Å². The van der Waals surface area contributed by atoms with Crippen LogP contribution in [-0.4, -0.2) is 22.6 Å². The third-order valence-corrected chi connectivity index (χ3v) is 4.45. The van der Waals surface area contributed by atoms with Crippen LogP contribution in [0, 0.1) is 11.6 Å². The highest BCUT2D eigenvalue weighted by Gasteiger charge is 2.20. The summed E-state index contributed by atoms with van der Waals surface area (Å²) >= 11 is 0. The Balaban J connectivity index is 1.53. The number of hydrogen-bond donors (Lipinski definition) is 1. The Bertz CT molecular complexity index is 992. The van der Waals surface area contributed by atoms with Crippen LogP contribution < -0.4 is 10.2 Å². The molecule has 1 aromatic heterocycles. The molecule has 0 fully saturated rings. The van der Waals surface area contributed by atoms with E-state index in [2.05, 4.69) is 26.5 Å². The molecule has 1 aliphatic heterocycles. The number of rotatable bonds is 3. The first-order valence-electron chi connectivity index (χ1n) is 8.57. The summed E-state index contributed by atoms with van der Waals surface area (Å²) in [6.45, 7) is 0.817. The summed E-state index contributed by atoms with van der Waals surface area (Å²) in [7, 11) is 0. The molecule has 3 aromatic rings. The molecule has 1 amide bonds. The van der Waals surface area contributed by atoms with Crippen LogP contribution in [0.5, 0.6) is 0 Å². The smallest absolute Gasteiger partial charge is 0.276 e. The highest BCUT2D eigenvalue weighted by atomic mass is 19.1. The van der Waals surface area contributed by atoms with E-state index in [-0.39, 0.29) is 11.4 Å². The Morgan fingerprint density at radius 3 is 2.67 bits per heavy atom. The number of carbonyl (C=O) groups excluding carboxylic acids is 1. The third kappa shape index (κ3) is 3.48. The van der Waals surface area contributed by atoms with Crippen molar-refractivity contribution in [3.63, 3.8) is 0 Å². The second-order valence-electron chi connectivity index (χ2n) is 6.24. The quantitative estimate of drug-likeness (QED) is 0.758. The minimum atomic E-state index is -0.849.